The summed E-state index contributed by atoms with van der Waals surface area (Å²) in [5, 5.41) is 5.54. The molecular weight excluding hydrogens is 360 g/mol. The van der Waals surface area contributed by atoms with Gasteiger partial charge in [-0.3, -0.25) is 9.59 Å². The first-order valence-corrected chi connectivity index (χ1v) is 9.66. The Balaban J connectivity index is 2.00. The molecule has 0 spiro atoms. The van der Waals surface area contributed by atoms with Crippen LogP contribution >= 0.6 is 11.8 Å². The molecule has 0 saturated carbocycles. The number of benzene rings is 2. The highest BCUT2D eigenvalue weighted by Gasteiger charge is 2.14. The van der Waals surface area contributed by atoms with Crippen molar-refractivity contribution in [3.8, 4) is 5.75 Å². The molecule has 2 amide bonds. The van der Waals surface area contributed by atoms with Crippen LogP contribution in [0.5, 0.6) is 5.75 Å². The van der Waals surface area contributed by atoms with E-state index in [1.807, 2.05) is 12.1 Å². The number of hydrogen-bond donors (Lipinski definition) is 2. The van der Waals surface area contributed by atoms with Crippen LogP contribution < -0.4 is 15.4 Å². The number of hydrogen-bond acceptors (Lipinski definition) is 4. The van der Waals surface area contributed by atoms with Crippen molar-refractivity contribution in [2.75, 3.05) is 23.5 Å². The number of anilines is 2. The summed E-state index contributed by atoms with van der Waals surface area (Å²) in [5.41, 5.74) is 2.49. The molecule has 0 aliphatic heterocycles. The Hall–Kier alpha value is -2.47. The van der Waals surface area contributed by atoms with Crippen molar-refractivity contribution >= 4 is 35.0 Å². The lowest BCUT2D eigenvalue weighted by Gasteiger charge is -2.19. The maximum absolute atomic E-state index is 12.3. The number of methoxy groups -OCH3 is 1. The molecule has 2 N–H and O–H groups in total. The highest BCUT2D eigenvalue weighted by Crippen LogP contribution is 2.29. The fourth-order valence-electron chi connectivity index (χ4n) is 2.47. The zero-order valence-corrected chi connectivity index (χ0v) is 17.2. The van der Waals surface area contributed by atoms with Crippen LogP contribution in [-0.4, -0.2) is 24.7 Å². The predicted octanol–water partition coefficient (Wildman–Crippen LogP) is 4.68. The van der Waals surface area contributed by atoms with Gasteiger partial charge in [-0.2, -0.15) is 0 Å². The van der Waals surface area contributed by atoms with Crippen molar-refractivity contribution in [1.29, 1.82) is 0 Å². The van der Waals surface area contributed by atoms with Crippen LogP contribution in [0.2, 0.25) is 0 Å². The van der Waals surface area contributed by atoms with Crippen LogP contribution in [0.25, 0.3) is 0 Å². The average Bonchev–Trinajstić information content (AvgIpc) is 2.59. The minimum atomic E-state index is -0.174. The van der Waals surface area contributed by atoms with Crippen LogP contribution in [0.3, 0.4) is 0 Å². The minimum Gasteiger partial charge on any atom is -0.495 e. The van der Waals surface area contributed by atoms with Gasteiger partial charge in [0.2, 0.25) is 11.8 Å². The highest BCUT2D eigenvalue weighted by atomic mass is 32.2. The summed E-state index contributed by atoms with van der Waals surface area (Å²) < 4.78 is 5.28. The standard InChI is InChI=1S/C21H26N2O3S/c1-14(24)22-16-8-11-19(26-5)18(12-16)23-20(25)13-27-17-9-6-15(7-10-17)21(2,3)4/h6-12H,13H2,1-5H3,(H,22,24)(H,23,25). The second-order valence-electron chi connectivity index (χ2n) is 7.21. The van der Waals surface area contributed by atoms with E-state index < -0.39 is 0 Å². The molecule has 0 heterocycles. The maximum Gasteiger partial charge on any atom is 0.234 e. The second kappa shape index (κ2) is 8.95. The van der Waals surface area contributed by atoms with Crippen molar-refractivity contribution in [3.05, 3.63) is 48.0 Å². The van der Waals surface area contributed by atoms with Crippen LogP contribution in [0.1, 0.15) is 33.3 Å². The van der Waals surface area contributed by atoms with E-state index in [0.29, 0.717) is 17.1 Å². The van der Waals surface area contributed by atoms with Crippen molar-refractivity contribution in [3.63, 3.8) is 0 Å². The van der Waals surface area contributed by atoms with Crippen LogP contribution in [-0.2, 0) is 15.0 Å². The summed E-state index contributed by atoms with van der Waals surface area (Å²) in [7, 11) is 1.54. The van der Waals surface area contributed by atoms with Gasteiger partial charge in [0.05, 0.1) is 18.6 Å². The van der Waals surface area contributed by atoms with Gasteiger partial charge in [-0.15, -0.1) is 11.8 Å². The molecule has 0 aromatic heterocycles. The number of amides is 2. The Morgan fingerprint density at radius 2 is 1.70 bits per heavy atom. The molecule has 2 aromatic rings. The average molecular weight is 387 g/mol. The molecule has 0 radical (unpaired) electrons. The van der Waals surface area contributed by atoms with E-state index in [4.69, 9.17) is 4.74 Å². The van der Waals surface area contributed by atoms with Crippen molar-refractivity contribution in [2.45, 2.75) is 38.0 Å². The summed E-state index contributed by atoms with van der Waals surface area (Å²) in [6.45, 7) is 7.95. The van der Waals surface area contributed by atoms with Gasteiger partial charge in [0, 0.05) is 17.5 Å². The Morgan fingerprint density at radius 1 is 1.04 bits per heavy atom. The molecule has 0 fully saturated rings. The molecule has 144 valence electrons. The van der Waals surface area contributed by atoms with Crippen LogP contribution in [0.4, 0.5) is 11.4 Å². The van der Waals surface area contributed by atoms with Gasteiger partial charge in [0.1, 0.15) is 5.75 Å². The quantitative estimate of drug-likeness (QED) is 0.707. The van der Waals surface area contributed by atoms with Gasteiger partial charge in [-0.25, -0.2) is 0 Å². The van der Waals surface area contributed by atoms with Gasteiger partial charge < -0.3 is 15.4 Å². The molecule has 2 rings (SSSR count). The summed E-state index contributed by atoms with van der Waals surface area (Å²) in [4.78, 5) is 24.6. The Bertz CT molecular complexity index is 811. The Morgan fingerprint density at radius 3 is 2.26 bits per heavy atom. The number of carbonyl (C=O) groups is 2. The lowest BCUT2D eigenvalue weighted by atomic mass is 9.87. The van der Waals surface area contributed by atoms with Gasteiger partial charge in [0.15, 0.2) is 0 Å². The zero-order chi connectivity index (χ0) is 20.0. The topological polar surface area (TPSA) is 67.4 Å². The molecule has 2 aromatic carbocycles. The van der Waals surface area contributed by atoms with Crippen molar-refractivity contribution < 1.29 is 14.3 Å². The molecule has 0 aliphatic rings. The molecule has 27 heavy (non-hydrogen) atoms. The van der Waals surface area contributed by atoms with E-state index in [1.165, 1.54) is 31.4 Å². The number of carbonyl (C=O) groups excluding carboxylic acids is 2. The molecular formula is C21H26N2O3S. The number of rotatable bonds is 6. The zero-order valence-electron chi connectivity index (χ0n) is 16.4. The highest BCUT2D eigenvalue weighted by molar-refractivity contribution is 8.00. The SMILES string of the molecule is COc1ccc(NC(C)=O)cc1NC(=O)CSc1ccc(C(C)(C)C)cc1. The number of thioether (sulfide) groups is 1. The fourth-order valence-corrected chi connectivity index (χ4v) is 3.17. The van der Waals surface area contributed by atoms with E-state index in [1.54, 1.807) is 18.2 Å². The second-order valence-corrected chi connectivity index (χ2v) is 8.26. The lowest BCUT2D eigenvalue weighted by molar-refractivity contribution is -0.114. The predicted molar refractivity (Wildman–Crippen MR) is 112 cm³/mol. The van der Waals surface area contributed by atoms with Crippen molar-refractivity contribution in [1.82, 2.24) is 0 Å². The molecule has 5 nitrogen and oxygen atoms in total. The monoisotopic (exact) mass is 386 g/mol. The molecule has 0 bridgehead atoms. The van der Waals surface area contributed by atoms with Gasteiger partial charge in [-0.1, -0.05) is 32.9 Å². The van der Waals surface area contributed by atoms with Crippen LogP contribution in [0, 0.1) is 0 Å². The minimum absolute atomic E-state index is 0.107. The van der Waals surface area contributed by atoms with E-state index in [9.17, 15) is 9.59 Å². The van der Waals surface area contributed by atoms with E-state index in [2.05, 4.69) is 43.5 Å². The number of nitrogens with one attached hydrogen (secondary N) is 2. The summed E-state index contributed by atoms with van der Waals surface area (Å²) in [6, 6.07) is 13.4. The van der Waals surface area contributed by atoms with Gasteiger partial charge in [-0.05, 0) is 41.3 Å². The maximum atomic E-state index is 12.3. The van der Waals surface area contributed by atoms with Crippen molar-refractivity contribution in [2.24, 2.45) is 0 Å². The normalized spacial score (nSPS) is 11.0. The largest absolute Gasteiger partial charge is 0.495 e. The molecule has 0 unspecified atom stereocenters. The molecule has 0 atom stereocenters. The number of ether oxygens (including phenoxy) is 1. The third-order valence-electron chi connectivity index (χ3n) is 3.88. The van der Waals surface area contributed by atoms with E-state index in [-0.39, 0.29) is 23.0 Å². The molecule has 0 aliphatic carbocycles. The smallest absolute Gasteiger partial charge is 0.234 e. The van der Waals surface area contributed by atoms with E-state index in [0.717, 1.165) is 4.90 Å². The first-order valence-electron chi connectivity index (χ1n) is 8.68. The summed E-state index contributed by atoms with van der Waals surface area (Å²) in [5.74, 6) is 0.504. The summed E-state index contributed by atoms with van der Waals surface area (Å²) in [6.07, 6.45) is 0. The Labute approximate surface area is 164 Å². The van der Waals surface area contributed by atoms with Gasteiger partial charge in [0.25, 0.3) is 0 Å². The van der Waals surface area contributed by atoms with Crippen LogP contribution in [0.15, 0.2) is 47.4 Å². The van der Waals surface area contributed by atoms with Gasteiger partial charge >= 0.3 is 0 Å². The summed E-state index contributed by atoms with van der Waals surface area (Å²) >= 11 is 1.47. The third-order valence-corrected chi connectivity index (χ3v) is 4.90. The lowest BCUT2D eigenvalue weighted by Crippen LogP contribution is -2.15. The molecule has 6 heteroatoms. The first kappa shape index (κ1) is 20.8. The third kappa shape index (κ3) is 6.32. The Kier molecular flexibility index (Phi) is 6.91. The van der Waals surface area contributed by atoms with E-state index >= 15 is 0 Å². The first-order chi connectivity index (χ1) is 12.7. The fraction of sp³-hybridized carbons (Fsp3) is 0.333. The molecule has 0 saturated heterocycles.